The summed E-state index contributed by atoms with van der Waals surface area (Å²) in [5.41, 5.74) is 7.31. The summed E-state index contributed by atoms with van der Waals surface area (Å²) in [6, 6.07) is 0. The van der Waals surface area contributed by atoms with Gasteiger partial charge in [0.2, 0.25) is 5.91 Å². The van der Waals surface area contributed by atoms with Gasteiger partial charge >= 0.3 is 0 Å². The highest BCUT2D eigenvalue weighted by Crippen LogP contribution is 2.36. The van der Waals surface area contributed by atoms with Crippen molar-refractivity contribution in [2.24, 2.45) is 17.1 Å². The smallest absolute Gasteiger partial charge is 0.218 e. The number of ether oxygens (including phenoxy) is 1. The van der Waals surface area contributed by atoms with Crippen molar-refractivity contribution in [1.29, 1.82) is 0 Å². The third-order valence-electron chi connectivity index (χ3n) is 4.20. The third-order valence-corrected chi connectivity index (χ3v) is 4.20. The second kappa shape index (κ2) is 7.89. The summed E-state index contributed by atoms with van der Waals surface area (Å²) in [5, 5.41) is 0. The van der Waals surface area contributed by atoms with Gasteiger partial charge in [-0.05, 0) is 17.4 Å². The molecule has 2 aliphatic rings. The Labute approximate surface area is 150 Å². The molecule has 0 aromatic heterocycles. The van der Waals surface area contributed by atoms with Crippen LogP contribution in [0, 0.1) is 11.3 Å². The normalized spacial score (nSPS) is 20.5. The van der Waals surface area contributed by atoms with Gasteiger partial charge in [-0.15, -0.1) is 0 Å². The van der Waals surface area contributed by atoms with E-state index in [0.29, 0.717) is 13.0 Å². The maximum absolute atomic E-state index is 12.4. The first-order chi connectivity index (χ1) is 11.7. The molecule has 0 saturated carbocycles. The molecule has 0 spiro atoms. The van der Waals surface area contributed by atoms with E-state index in [1.165, 1.54) is 0 Å². The fraction of sp³-hybridized carbons (Fsp3) is 0.600. The predicted octanol–water partition coefficient (Wildman–Crippen LogP) is 3.28. The molecule has 1 unspecified atom stereocenters. The monoisotopic (exact) mass is 346 g/mol. The van der Waals surface area contributed by atoms with Gasteiger partial charge in [0.25, 0.3) is 0 Å². The van der Waals surface area contributed by atoms with Crippen LogP contribution < -0.4 is 5.73 Å². The Morgan fingerprint density at radius 2 is 2.08 bits per heavy atom. The summed E-state index contributed by atoms with van der Waals surface area (Å²) in [5.74, 6) is -0.0706. The third kappa shape index (κ3) is 5.48. The molecular weight excluding hydrogens is 316 g/mol. The molecule has 0 aromatic rings. The van der Waals surface area contributed by atoms with Gasteiger partial charge in [-0.3, -0.25) is 9.59 Å². The Kier molecular flexibility index (Phi) is 6.09. The van der Waals surface area contributed by atoms with Gasteiger partial charge in [-0.25, -0.2) is 0 Å². The molecular formula is C20H30N2O3. The number of carbonyl (C=O) groups is 2. The molecule has 1 heterocycles. The van der Waals surface area contributed by atoms with Crippen molar-refractivity contribution >= 4 is 11.7 Å². The second-order valence-corrected chi connectivity index (χ2v) is 8.08. The van der Waals surface area contributed by atoms with E-state index in [2.05, 4.69) is 32.6 Å². The number of ketones is 1. The summed E-state index contributed by atoms with van der Waals surface area (Å²) in [6.07, 6.45) is 8.31. The Bertz CT molecular complexity index is 623. The number of primary amides is 1. The Hall–Kier alpha value is -2.04. The van der Waals surface area contributed by atoms with Crippen molar-refractivity contribution in [2.75, 3.05) is 13.2 Å². The molecule has 5 heteroatoms. The van der Waals surface area contributed by atoms with E-state index in [1.54, 1.807) is 0 Å². The first kappa shape index (κ1) is 19.3. The Balaban J connectivity index is 2.30. The number of nitrogens with two attached hydrogens (primary N) is 1. The highest BCUT2D eigenvalue weighted by atomic mass is 16.5. The number of nitrogens with zero attached hydrogens (tertiary/aromatic N) is 1. The van der Waals surface area contributed by atoms with Gasteiger partial charge in [-0.2, -0.15) is 0 Å². The summed E-state index contributed by atoms with van der Waals surface area (Å²) in [6.45, 7) is 10.1. The van der Waals surface area contributed by atoms with E-state index >= 15 is 0 Å². The van der Waals surface area contributed by atoms with Crippen LogP contribution in [0.2, 0.25) is 0 Å². The first-order valence-corrected chi connectivity index (χ1v) is 9.04. The maximum Gasteiger partial charge on any atom is 0.218 e. The molecule has 1 aliphatic heterocycles. The first-order valence-electron chi connectivity index (χ1n) is 9.04. The van der Waals surface area contributed by atoms with Crippen molar-refractivity contribution in [3.63, 3.8) is 0 Å². The van der Waals surface area contributed by atoms with Crippen LogP contribution in [0.15, 0.2) is 35.4 Å². The van der Waals surface area contributed by atoms with Gasteiger partial charge in [0.05, 0.1) is 6.61 Å². The van der Waals surface area contributed by atoms with Gasteiger partial charge in [0, 0.05) is 43.3 Å². The molecule has 0 fully saturated rings. The van der Waals surface area contributed by atoms with Crippen molar-refractivity contribution in [1.82, 2.24) is 4.90 Å². The fourth-order valence-electron chi connectivity index (χ4n) is 3.10. The van der Waals surface area contributed by atoms with E-state index in [1.807, 2.05) is 18.5 Å². The molecule has 1 amide bonds. The second-order valence-electron chi connectivity index (χ2n) is 8.08. The average molecular weight is 346 g/mol. The molecule has 2 rings (SSSR count). The van der Waals surface area contributed by atoms with Gasteiger partial charge in [0.1, 0.15) is 11.5 Å². The number of rotatable bonds is 7. The molecule has 138 valence electrons. The van der Waals surface area contributed by atoms with Gasteiger partial charge in [-0.1, -0.05) is 40.2 Å². The van der Waals surface area contributed by atoms with E-state index in [0.717, 1.165) is 36.3 Å². The Morgan fingerprint density at radius 3 is 2.68 bits per heavy atom. The molecule has 0 aromatic carbocycles. The summed E-state index contributed by atoms with van der Waals surface area (Å²) in [4.78, 5) is 25.7. The molecule has 2 N–H and O–H groups in total. The SMILES string of the molecule is CCCCOC1=CN(CC(C)(C)C)C=C2CC(=O)C(CC(N)=O)C=C21. The summed E-state index contributed by atoms with van der Waals surface area (Å²) >= 11 is 0. The number of carbonyl (C=O) groups excluding carboxylic acids is 2. The molecule has 1 aliphatic carbocycles. The molecule has 5 nitrogen and oxygen atoms in total. The van der Waals surface area contributed by atoms with Crippen molar-refractivity contribution < 1.29 is 14.3 Å². The van der Waals surface area contributed by atoms with E-state index < -0.39 is 11.8 Å². The lowest BCUT2D eigenvalue weighted by atomic mass is 9.82. The van der Waals surface area contributed by atoms with Crippen LogP contribution in [0.1, 0.15) is 53.4 Å². The minimum atomic E-state index is -0.453. The van der Waals surface area contributed by atoms with Crippen LogP contribution in [0.4, 0.5) is 0 Å². The Morgan fingerprint density at radius 1 is 1.36 bits per heavy atom. The van der Waals surface area contributed by atoms with Crippen molar-refractivity contribution in [3.05, 3.63) is 35.4 Å². The predicted molar refractivity (Wildman–Crippen MR) is 98.2 cm³/mol. The van der Waals surface area contributed by atoms with E-state index in [-0.39, 0.29) is 17.6 Å². The van der Waals surface area contributed by atoms with E-state index in [4.69, 9.17) is 10.5 Å². The fourth-order valence-corrected chi connectivity index (χ4v) is 3.10. The zero-order valence-electron chi connectivity index (χ0n) is 15.8. The number of fused-ring (bicyclic) bond motifs is 1. The molecule has 0 saturated heterocycles. The highest BCUT2D eigenvalue weighted by molar-refractivity contribution is 5.92. The molecule has 1 atom stereocenters. The highest BCUT2D eigenvalue weighted by Gasteiger charge is 2.31. The molecule has 0 bridgehead atoms. The van der Waals surface area contributed by atoms with Crippen LogP contribution in [-0.2, 0) is 14.3 Å². The lowest BCUT2D eigenvalue weighted by molar-refractivity contribution is -0.126. The van der Waals surface area contributed by atoms with Gasteiger partial charge < -0.3 is 15.4 Å². The van der Waals surface area contributed by atoms with Crippen molar-refractivity contribution in [3.8, 4) is 0 Å². The van der Waals surface area contributed by atoms with Crippen LogP contribution in [0.3, 0.4) is 0 Å². The lowest BCUT2D eigenvalue weighted by Crippen LogP contribution is -2.31. The van der Waals surface area contributed by atoms with Crippen LogP contribution in [-0.4, -0.2) is 29.7 Å². The number of hydrogen-bond acceptors (Lipinski definition) is 4. The summed E-state index contributed by atoms with van der Waals surface area (Å²) in [7, 11) is 0. The average Bonchev–Trinajstić information content (AvgIpc) is 2.46. The number of allylic oxidation sites excluding steroid dienone is 2. The van der Waals surface area contributed by atoms with Gasteiger partial charge in [0.15, 0.2) is 0 Å². The largest absolute Gasteiger partial charge is 0.491 e. The topological polar surface area (TPSA) is 72.6 Å². The quantitative estimate of drug-likeness (QED) is 0.718. The summed E-state index contributed by atoms with van der Waals surface area (Å²) < 4.78 is 6.01. The zero-order chi connectivity index (χ0) is 18.6. The number of Topliss-reactive ketones (excluding diaryl/α,β-unsaturated/α-hetero) is 1. The number of hydrogen-bond donors (Lipinski definition) is 1. The van der Waals surface area contributed by atoms with Crippen LogP contribution in [0.25, 0.3) is 0 Å². The number of unbranched alkanes of at least 4 members (excludes halogenated alkanes) is 1. The molecule has 25 heavy (non-hydrogen) atoms. The van der Waals surface area contributed by atoms with Crippen LogP contribution >= 0.6 is 0 Å². The maximum atomic E-state index is 12.4. The van der Waals surface area contributed by atoms with E-state index in [9.17, 15) is 9.59 Å². The minimum absolute atomic E-state index is 0.0410. The molecule has 0 radical (unpaired) electrons. The standard InChI is InChI=1S/C20H30N2O3/c1-5-6-7-25-18-12-22(13-20(2,3)4)11-15-9-17(23)14(8-16(15)18)10-19(21)24/h8,11-12,14H,5-7,9-10,13H2,1-4H3,(H2,21,24). The van der Waals surface area contributed by atoms with Crippen LogP contribution in [0.5, 0.6) is 0 Å². The van der Waals surface area contributed by atoms with Crippen molar-refractivity contribution in [2.45, 2.75) is 53.4 Å². The lowest BCUT2D eigenvalue weighted by Gasteiger charge is -2.34. The number of amides is 1. The zero-order valence-corrected chi connectivity index (χ0v) is 15.8. The minimum Gasteiger partial charge on any atom is -0.491 e.